The summed E-state index contributed by atoms with van der Waals surface area (Å²) in [7, 11) is 1.76. The van der Waals surface area contributed by atoms with Crippen LogP contribution in [0.25, 0.3) is 0 Å². The van der Waals surface area contributed by atoms with Crippen molar-refractivity contribution in [2.75, 3.05) is 12.4 Å². The average molecular weight is 354 g/mol. The van der Waals surface area contributed by atoms with Crippen molar-refractivity contribution in [2.45, 2.75) is 51.5 Å². The third-order valence-corrected chi connectivity index (χ3v) is 5.34. The summed E-state index contributed by atoms with van der Waals surface area (Å²) in [6, 6.07) is 8.90. The third kappa shape index (κ3) is 4.40. The average Bonchev–Trinajstić information content (AvgIpc) is 2.66. The number of halogens is 1. The summed E-state index contributed by atoms with van der Waals surface area (Å²) in [5.74, 6) is 1.11. The van der Waals surface area contributed by atoms with Crippen molar-refractivity contribution in [2.24, 2.45) is 4.99 Å². The number of guanidine groups is 1. The Bertz CT molecular complexity index is 762. The highest BCUT2D eigenvalue weighted by Crippen LogP contribution is 2.34. The molecule has 0 aliphatic heterocycles. The van der Waals surface area contributed by atoms with Crippen LogP contribution in [0.15, 0.2) is 41.5 Å². The topological polar surface area (TPSA) is 49.3 Å². The van der Waals surface area contributed by atoms with Crippen molar-refractivity contribution < 1.29 is 4.39 Å². The summed E-state index contributed by atoms with van der Waals surface area (Å²) < 4.78 is 13.0. The maximum atomic E-state index is 13.0. The molecule has 26 heavy (non-hydrogen) atoms. The molecule has 5 heteroatoms. The Morgan fingerprint density at radius 3 is 2.42 bits per heavy atom. The zero-order chi connectivity index (χ0) is 18.5. The van der Waals surface area contributed by atoms with Crippen LogP contribution in [0.3, 0.4) is 0 Å². The van der Waals surface area contributed by atoms with Gasteiger partial charge in [0.15, 0.2) is 5.96 Å². The van der Waals surface area contributed by atoms with Gasteiger partial charge in [-0.05, 0) is 86.9 Å². The molecular formula is C21H27FN4. The van der Waals surface area contributed by atoms with Crippen LogP contribution < -0.4 is 10.6 Å². The van der Waals surface area contributed by atoms with Gasteiger partial charge in [-0.3, -0.25) is 9.98 Å². The van der Waals surface area contributed by atoms with E-state index in [1.807, 2.05) is 6.20 Å². The van der Waals surface area contributed by atoms with Crippen LogP contribution in [0.2, 0.25) is 0 Å². The number of aliphatic imine (C=N–C) groups is 1. The maximum Gasteiger partial charge on any atom is 0.195 e. The molecule has 2 aromatic rings. The van der Waals surface area contributed by atoms with Crippen LogP contribution in [0.5, 0.6) is 0 Å². The molecule has 1 fully saturated rings. The third-order valence-electron chi connectivity index (χ3n) is 5.34. The van der Waals surface area contributed by atoms with E-state index in [9.17, 15) is 4.39 Å². The lowest BCUT2D eigenvalue weighted by molar-refractivity contribution is 0.372. The van der Waals surface area contributed by atoms with E-state index in [4.69, 9.17) is 0 Å². The molecule has 4 nitrogen and oxygen atoms in total. The van der Waals surface area contributed by atoms with Gasteiger partial charge in [-0.25, -0.2) is 4.39 Å². The Morgan fingerprint density at radius 2 is 1.77 bits per heavy atom. The van der Waals surface area contributed by atoms with Crippen molar-refractivity contribution in [3.8, 4) is 0 Å². The molecule has 1 aromatic carbocycles. The minimum atomic E-state index is -0.238. The molecule has 0 saturated heterocycles. The molecule has 2 N–H and O–H groups in total. The molecule has 0 atom stereocenters. The standard InChI is InChI=1S/C21H27FN4/c1-14-15(2)24-13-12-20(14)16-4-8-18(9-5-16)25-21(23-3)26-19-10-6-17(22)7-11-19/h6-7,10-13,16,18H,4-5,8-9H2,1-3H3,(H2,23,25,26). The maximum absolute atomic E-state index is 13.0. The van der Waals surface area contributed by atoms with Crippen LogP contribution in [0.4, 0.5) is 10.1 Å². The number of hydrogen-bond acceptors (Lipinski definition) is 2. The summed E-state index contributed by atoms with van der Waals surface area (Å²) >= 11 is 0. The van der Waals surface area contributed by atoms with Gasteiger partial charge in [0, 0.05) is 30.7 Å². The Hall–Kier alpha value is -2.43. The van der Waals surface area contributed by atoms with E-state index >= 15 is 0 Å². The Labute approximate surface area is 155 Å². The Kier molecular flexibility index (Phi) is 5.86. The van der Waals surface area contributed by atoms with Gasteiger partial charge in [-0.1, -0.05) is 0 Å². The van der Waals surface area contributed by atoms with E-state index in [0.717, 1.165) is 43.0 Å². The number of hydrogen-bond donors (Lipinski definition) is 2. The van der Waals surface area contributed by atoms with E-state index < -0.39 is 0 Å². The summed E-state index contributed by atoms with van der Waals surface area (Å²) in [6.45, 7) is 4.26. The number of benzene rings is 1. The van der Waals surface area contributed by atoms with Gasteiger partial charge in [-0.15, -0.1) is 0 Å². The van der Waals surface area contributed by atoms with Gasteiger partial charge in [0.25, 0.3) is 0 Å². The number of rotatable bonds is 3. The summed E-state index contributed by atoms with van der Waals surface area (Å²) in [5.41, 5.74) is 4.74. The highest BCUT2D eigenvalue weighted by Gasteiger charge is 2.24. The molecule has 138 valence electrons. The molecular weight excluding hydrogens is 327 g/mol. The summed E-state index contributed by atoms with van der Waals surface area (Å²) in [4.78, 5) is 8.68. The van der Waals surface area contributed by atoms with E-state index in [2.05, 4.69) is 40.5 Å². The first kappa shape index (κ1) is 18.4. The highest BCUT2D eigenvalue weighted by atomic mass is 19.1. The quantitative estimate of drug-likeness (QED) is 0.628. The number of nitrogens with one attached hydrogen (secondary N) is 2. The number of aryl methyl sites for hydroxylation is 1. The molecule has 1 saturated carbocycles. The predicted molar refractivity (Wildman–Crippen MR) is 105 cm³/mol. The minimum Gasteiger partial charge on any atom is -0.353 e. The molecule has 0 bridgehead atoms. The fraction of sp³-hybridized carbons (Fsp3) is 0.429. The second-order valence-corrected chi connectivity index (χ2v) is 7.01. The van der Waals surface area contributed by atoms with Gasteiger partial charge in [-0.2, -0.15) is 0 Å². The lowest BCUT2D eigenvalue weighted by atomic mass is 9.80. The molecule has 1 aromatic heterocycles. The largest absolute Gasteiger partial charge is 0.353 e. The minimum absolute atomic E-state index is 0.238. The van der Waals surface area contributed by atoms with E-state index in [0.29, 0.717) is 12.0 Å². The normalized spacial score (nSPS) is 20.7. The SMILES string of the molecule is CN=C(Nc1ccc(F)cc1)NC1CCC(c2ccnc(C)c2C)CC1. The molecule has 1 aliphatic carbocycles. The first-order chi connectivity index (χ1) is 12.6. The van der Waals surface area contributed by atoms with Crippen LogP contribution in [0.1, 0.15) is 48.4 Å². The molecule has 0 radical (unpaired) electrons. The van der Waals surface area contributed by atoms with Crippen molar-refractivity contribution >= 4 is 11.6 Å². The first-order valence-electron chi connectivity index (χ1n) is 9.25. The lowest BCUT2D eigenvalue weighted by Crippen LogP contribution is -2.41. The highest BCUT2D eigenvalue weighted by molar-refractivity contribution is 5.93. The second-order valence-electron chi connectivity index (χ2n) is 7.01. The number of aromatic nitrogens is 1. The second kappa shape index (κ2) is 8.30. The Morgan fingerprint density at radius 1 is 1.08 bits per heavy atom. The van der Waals surface area contributed by atoms with Gasteiger partial charge >= 0.3 is 0 Å². The molecule has 1 aliphatic rings. The molecule has 3 rings (SSSR count). The van der Waals surface area contributed by atoms with Crippen molar-refractivity contribution in [1.29, 1.82) is 0 Å². The van der Waals surface area contributed by atoms with E-state index in [1.165, 1.54) is 23.3 Å². The van der Waals surface area contributed by atoms with Crippen LogP contribution in [-0.2, 0) is 0 Å². The zero-order valence-corrected chi connectivity index (χ0v) is 15.7. The number of pyridine rings is 1. The number of anilines is 1. The van der Waals surface area contributed by atoms with Crippen LogP contribution >= 0.6 is 0 Å². The van der Waals surface area contributed by atoms with Gasteiger partial charge < -0.3 is 10.6 Å². The molecule has 0 unspecified atom stereocenters. The fourth-order valence-corrected chi connectivity index (χ4v) is 3.67. The molecule has 1 heterocycles. The fourth-order valence-electron chi connectivity index (χ4n) is 3.67. The van der Waals surface area contributed by atoms with Crippen LogP contribution in [0, 0.1) is 19.7 Å². The van der Waals surface area contributed by atoms with Crippen molar-refractivity contribution in [3.05, 3.63) is 59.2 Å². The van der Waals surface area contributed by atoms with Gasteiger partial charge in [0.2, 0.25) is 0 Å². The first-order valence-corrected chi connectivity index (χ1v) is 9.25. The van der Waals surface area contributed by atoms with E-state index in [1.54, 1.807) is 19.2 Å². The predicted octanol–water partition coefficient (Wildman–Crippen LogP) is 4.55. The van der Waals surface area contributed by atoms with Crippen molar-refractivity contribution in [3.63, 3.8) is 0 Å². The zero-order valence-electron chi connectivity index (χ0n) is 15.7. The van der Waals surface area contributed by atoms with Gasteiger partial charge in [0.05, 0.1) is 0 Å². The Balaban J connectivity index is 1.56. The van der Waals surface area contributed by atoms with Gasteiger partial charge in [0.1, 0.15) is 5.82 Å². The van der Waals surface area contributed by atoms with E-state index in [-0.39, 0.29) is 5.82 Å². The molecule has 0 spiro atoms. The molecule has 0 amide bonds. The monoisotopic (exact) mass is 354 g/mol. The van der Waals surface area contributed by atoms with Crippen LogP contribution in [-0.4, -0.2) is 24.0 Å². The summed E-state index contributed by atoms with van der Waals surface area (Å²) in [5, 5.41) is 6.73. The van der Waals surface area contributed by atoms with Crippen molar-refractivity contribution in [1.82, 2.24) is 10.3 Å². The summed E-state index contributed by atoms with van der Waals surface area (Å²) in [6.07, 6.45) is 6.46. The smallest absolute Gasteiger partial charge is 0.195 e. The lowest BCUT2D eigenvalue weighted by Gasteiger charge is -2.31. The number of nitrogens with zero attached hydrogens (tertiary/aromatic N) is 2.